The van der Waals surface area contributed by atoms with Crippen molar-refractivity contribution in [3.05, 3.63) is 53.7 Å². The van der Waals surface area contributed by atoms with Crippen molar-refractivity contribution in [3.8, 4) is 11.6 Å². The molecule has 6 heteroatoms. The van der Waals surface area contributed by atoms with Crippen LogP contribution in [0.25, 0.3) is 0 Å². The first-order chi connectivity index (χ1) is 10.7. The van der Waals surface area contributed by atoms with Gasteiger partial charge in [0.25, 0.3) is 5.91 Å². The third kappa shape index (κ3) is 4.59. The van der Waals surface area contributed by atoms with Crippen LogP contribution in [0.3, 0.4) is 0 Å². The fourth-order valence-electron chi connectivity index (χ4n) is 1.72. The summed E-state index contributed by atoms with van der Waals surface area (Å²) in [7, 11) is 1.54. The predicted molar refractivity (Wildman–Crippen MR) is 80.0 cm³/mol. The maximum atomic E-state index is 11.7. The van der Waals surface area contributed by atoms with Gasteiger partial charge in [-0.2, -0.15) is 0 Å². The quantitative estimate of drug-likeness (QED) is 0.786. The van der Waals surface area contributed by atoms with Gasteiger partial charge in [0, 0.05) is 24.4 Å². The van der Waals surface area contributed by atoms with Crippen molar-refractivity contribution in [2.45, 2.75) is 6.54 Å². The molecule has 0 aliphatic rings. The standard InChI is InChI=1S/C16H16N2O4/c1-21-16-8-13(6-7-17-16)9-18-15(20)11-22-14-4-2-12(10-19)3-5-14/h2-8,10H,9,11H2,1H3,(H,18,20). The predicted octanol–water partition coefficient (Wildman–Crippen LogP) is 1.60. The molecule has 0 bridgehead atoms. The van der Waals surface area contributed by atoms with Gasteiger partial charge in [-0.15, -0.1) is 0 Å². The minimum atomic E-state index is -0.241. The van der Waals surface area contributed by atoms with E-state index in [-0.39, 0.29) is 12.5 Å². The lowest BCUT2D eigenvalue weighted by Crippen LogP contribution is -2.28. The average Bonchev–Trinajstić information content (AvgIpc) is 2.58. The topological polar surface area (TPSA) is 77.5 Å². The summed E-state index contributed by atoms with van der Waals surface area (Å²) in [5.41, 5.74) is 1.44. The van der Waals surface area contributed by atoms with Gasteiger partial charge in [0.05, 0.1) is 7.11 Å². The Labute approximate surface area is 128 Å². The number of aromatic nitrogens is 1. The number of methoxy groups -OCH3 is 1. The first-order valence-electron chi connectivity index (χ1n) is 6.65. The van der Waals surface area contributed by atoms with Crippen molar-refractivity contribution < 1.29 is 19.1 Å². The van der Waals surface area contributed by atoms with Crippen LogP contribution in [-0.4, -0.2) is 30.9 Å². The van der Waals surface area contributed by atoms with Gasteiger partial charge in [-0.1, -0.05) is 0 Å². The molecule has 2 aromatic rings. The number of pyridine rings is 1. The summed E-state index contributed by atoms with van der Waals surface area (Å²) in [5.74, 6) is 0.792. The average molecular weight is 300 g/mol. The van der Waals surface area contributed by atoms with Crippen LogP contribution >= 0.6 is 0 Å². The summed E-state index contributed by atoms with van der Waals surface area (Å²) < 4.78 is 10.3. The Bertz CT molecular complexity index is 641. The Morgan fingerprint density at radius 2 is 2.05 bits per heavy atom. The van der Waals surface area contributed by atoms with Crippen LogP contribution in [0.15, 0.2) is 42.6 Å². The van der Waals surface area contributed by atoms with Crippen molar-refractivity contribution in [2.75, 3.05) is 13.7 Å². The molecule has 2 rings (SSSR count). The van der Waals surface area contributed by atoms with Crippen molar-refractivity contribution in [1.82, 2.24) is 10.3 Å². The number of nitrogens with one attached hydrogen (secondary N) is 1. The van der Waals surface area contributed by atoms with E-state index in [1.54, 1.807) is 42.6 Å². The highest BCUT2D eigenvalue weighted by atomic mass is 16.5. The van der Waals surface area contributed by atoms with E-state index in [0.29, 0.717) is 23.7 Å². The Kier molecular flexibility index (Phi) is 5.48. The molecule has 22 heavy (non-hydrogen) atoms. The molecule has 0 fully saturated rings. The van der Waals surface area contributed by atoms with Crippen LogP contribution in [0.5, 0.6) is 11.6 Å². The van der Waals surface area contributed by atoms with Crippen molar-refractivity contribution in [2.24, 2.45) is 0 Å². The zero-order valence-electron chi connectivity index (χ0n) is 12.1. The first kappa shape index (κ1) is 15.5. The van der Waals surface area contributed by atoms with E-state index in [9.17, 15) is 9.59 Å². The number of hydrogen-bond acceptors (Lipinski definition) is 5. The van der Waals surface area contributed by atoms with Crippen molar-refractivity contribution >= 4 is 12.2 Å². The second-order valence-electron chi connectivity index (χ2n) is 4.46. The third-order valence-electron chi connectivity index (χ3n) is 2.88. The van der Waals surface area contributed by atoms with Gasteiger partial charge in [0.1, 0.15) is 12.0 Å². The molecule has 0 saturated heterocycles. The van der Waals surface area contributed by atoms with Gasteiger partial charge < -0.3 is 14.8 Å². The van der Waals surface area contributed by atoms with Gasteiger partial charge in [0.15, 0.2) is 6.61 Å². The summed E-state index contributed by atoms with van der Waals surface area (Å²) in [5, 5.41) is 2.74. The number of amides is 1. The molecule has 0 aliphatic heterocycles. The molecule has 6 nitrogen and oxygen atoms in total. The van der Waals surface area contributed by atoms with Gasteiger partial charge in [-0.05, 0) is 35.9 Å². The number of ether oxygens (including phenoxy) is 2. The lowest BCUT2D eigenvalue weighted by atomic mass is 10.2. The highest BCUT2D eigenvalue weighted by Gasteiger charge is 2.04. The van der Waals surface area contributed by atoms with E-state index in [0.717, 1.165) is 11.8 Å². The first-order valence-corrected chi connectivity index (χ1v) is 6.65. The highest BCUT2D eigenvalue weighted by Crippen LogP contribution is 2.11. The molecule has 1 amide bonds. The molecular formula is C16H16N2O4. The van der Waals surface area contributed by atoms with Gasteiger partial charge in [-0.25, -0.2) is 4.98 Å². The van der Waals surface area contributed by atoms with E-state index in [2.05, 4.69) is 10.3 Å². The lowest BCUT2D eigenvalue weighted by Gasteiger charge is -2.08. The van der Waals surface area contributed by atoms with Gasteiger partial charge in [0.2, 0.25) is 5.88 Å². The molecule has 0 unspecified atom stereocenters. The van der Waals surface area contributed by atoms with Crippen LogP contribution in [0.1, 0.15) is 15.9 Å². The van der Waals surface area contributed by atoms with Gasteiger partial charge >= 0.3 is 0 Å². The molecule has 1 aromatic heterocycles. The molecule has 0 saturated carbocycles. The number of carbonyl (C=O) groups is 2. The fraction of sp³-hybridized carbons (Fsp3) is 0.188. The minimum Gasteiger partial charge on any atom is -0.484 e. The monoisotopic (exact) mass is 300 g/mol. The van der Waals surface area contributed by atoms with E-state index in [4.69, 9.17) is 9.47 Å². The van der Waals surface area contributed by atoms with E-state index >= 15 is 0 Å². The number of carbonyl (C=O) groups excluding carboxylic acids is 2. The minimum absolute atomic E-state index is 0.0946. The fourth-order valence-corrected chi connectivity index (χ4v) is 1.72. The Hall–Kier alpha value is -2.89. The zero-order chi connectivity index (χ0) is 15.8. The summed E-state index contributed by atoms with van der Waals surface area (Å²) in [4.78, 5) is 26.2. The molecule has 0 aliphatic carbocycles. The summed E-state index contributed by atoms with van der Waals surface area (Å²) in [6.07, 6.45) is 2.37. The lowest BCUT2D eigenvalue weighted by molar-refractivity contribution is -0.123. The van der Waals surface area contributed by atoms with E-state index < -0.39 is 0 Å². The summed E-state index contributed by atoms with van der Waals surface area (Å²) in [6.45, 7) is 0.272. The molecule has 1 N–H and O–H groups in total. The molecule has 0 radical (unpaired) electrons. The van der Waals surface area contributed by atoms with Crippen molar-refractivity contribution in [1.29, 1.82) is 0 Å². The SMILES string of the molecule is COc1cc(CNC(=O)COc2ccc(C=O)cc2)ccn1. The Morgan fingerprint density at radius 3 is 2.73 bits per heavy atom. The number of benzene rings is 1. The molecular weight excluding hydrogens is 284 g/mol. The van der Waals surface area contributed by atoms with Crippen LogP contribution in [0.4, 0.5) is 0 Å². The van der Waals surface area contributed by atoms with Crippen LogP contribution in [-0.2, 0) is 11.3 Å². The number of rotatable bonds is 7. The normalized spacial score (nSPS) is 9.86. The second kappa shape index (κ2) is 7.78. The molecule has 0 atom stereocenters. The largest absolute Gasteiger partial charge is 0.484 e. The number of nitrogens with zero attached hydrogens (tertiary/aromatic N) is 1. The second-order valence-corrected chi connectivity index (χ2v) is 4.46. The molecule has 1 heterocycles. The van der Waals surface area contributed by atoms with E-state index in [1.165, 1.54) is 7.11 Å². The summed E-state index contributed by atoms with van der Waals surface area (Å²) in [6, 6.07) is 10.1. The summed E-state index contributed by atoms with van der Waals surface area (Å²) >= 11 is 0. The zero-order valence-corrected chi connectivity index (χ0v) is 12.1. The van der Waals surface area contributed by atoms with Crippen LogP contribution in [0, 0.1) is 0 Å². The molecule has 114 valence electrons. The Balaban J connectivity index is 1.78. The number of hydrogen-bond donors (Lipinski definition) is 1. The maximum absolute atomic E-state index is 11.7. The van der Waals surface area contributed by atoms with Crippen LogP contribution < -0.4 is 14.8 Å². The van der Waals surface area contributed by atoms with Crippen LogP contribution in [0.2, 0.25) is 0 Å². The number of aldehydes is 1. The Morgan fingerprint density at radius 1 is 1.27 bits per heavy atom. The van der Waals surface area contributed by atoms with E-state index in [1.807, 2.05) is 0 Å². The molecule has 1 aromatic carbocycles. The maximum Gasteiger partial charge on any atom is 0.258 e. The molecule has 0 spiro atoms. The third-order valence-corrected chi connectivity index (χ3v) is 2.88. The van der Waals surface area contributed by atoms with Crippen molar-refractivity contribution in [3.63, 3.8) is 0 Å². The highest BCUT2D eigenvalue weighted by molar-refractivity contribution is 5.77. The smallest absolute Gasteiger partial charge is 0.258 e. The van der Waals surface area contributed by atoms with Gasteiger partial charge in [-0.3, -0.25) is 9.59 Å².